The summed E-state index contributed by atoms with van der Waals surface area (Å²) < 4.78 is 10.6. The minimum atomic E-state index is -0.298. The van der Waals surface area contributed by atoms with Gasteiger partial charge in [0.25, 0.3) is 0 Å². The molecule has 2 aromatic heterocycles. The average molecular weight is 451 g/mol. The van der Waals surface area contributed by atoms with Gasteiger partial charge in [0.05, 0.1) is 16.4 Å². The largest absolute Gasteiger partial charge is 0.489 e. The third-order valence-corrected chi connectivity index (χ3v) is 6.53. The summed E-state index contributed by atoms with van der Waals surface area (Å²) in [4.78, 5) is 12.4. The lowest BCUT2D eigenvalue weighted by atomic mass is 10.1. The second-order valence-electron chi connectivity index (χ2n) is 7.74. The number of thioether (sulfide) groups is 1. The highest BCUT2D eigenvalue weighted by Gasteiger charge is 2.16. The second-order valence-corrected chi connectivity index (χ2v) is 8.54. The second kappa shape index (κ2) is 8.66. The van der Waals surface area contributed by atoms with Gasteiger partial charge in [-0.1, -0.05) is 12.1 Å². The predicted molar refractivity (Wildman–Crippen MR) is 126 cm³/mol. The van der Waals surface area contributed by atoms with Gasteiger partial charge in [0.15, 0.2) is 0 Å². The summed E-state index contributed by atoms with van der Waals surface area (Å²) >= 11 is 1.69. The molecule has 2 aromatic carbocycles. The Hall–Kier alpha value is -3.33. The van der Waals surface area contributed by atoms with Crippen LogP contribution in [0.3, 0.4) is 0 Å². The average Bonchev–Trinajstić information content (AvgIpc) is 3.25. The zero-order valence-electron chi connectivity index (χ0n) is 19.1. The lowest BCUT2D eigenvalue weighted by Crippen LogP contribution is -2.23. The Morgan fingerprint density at radius 3 is 2.41 bits per heavy atom. The van der Waals surface area contributed by atoms with Crippen molar-refractivity contribution in [2.45, 2.75) is 32.4 Å². The predicted octanol–water partition coefficient (Wildman–Crippen LogP) is 3.59. The Morgan fingerprint density at radius 2 is 1.78 bits per heavy atom. The van der Waals surface area contributed by atoms with Gasteiger partial charge < -0.3 is 4.74 Å². The number of ether oxygens (including phenoxy) is 1. The molecule has 166 valence electrons. The van der Waals surface area contributed by atoms with Crippen molar-refractivity contribution >= 4 is 11.8 Å². The summed E-state index contributed by atoms with van der Waals surface area (Å²) in [5.41, 5.74) is 6.52. The number of nitrogens with zero attached hydrogens (tertiary/aromatic N) is 6. The molecule has 4 rings (SSSR count). The van der Waals surface area contributed by atoms with E-state index >= 15 is 0 Å². The molecule has 0 spiro atoms. The zero-order valence-corrected chi connectivity index (χ0v) is 19.9. The molecule has 8 nitrogen and oxygen atoms in total. The smallest absolute Gasteiger partial charge is 0.368 e. The fourth-order valence-corrected chi connectivity index (χ4v) is 4.53. The van der Waals surface area contributed by atoms with E-state index in [1.54, 1.807) is 18.8 Å². The lowest BCUT2D eigenvalue weighted by Gasteiger charge is -2.14. The van der Waals surface area contributed by atoms with Gasteiger partial charge in [-0.3, -0.25) is 4.68 Å². The van der Waals surface area contributed by atoms with Crippen LogP contribution in [0.4, 0.5) is 0 Å². The molecule has 0 amide bonds. The van der Waals surface area contributed by atoms with E-state index in [-0.39, 0.29) is 5.69 Å². The van der Waals surface area contributed by atoms with Crippen molar-refractivity contribution in [1.82, 2.24) is 29.6 Å². The fourth-order valence-electron chi connectivity index (χ4n) is 3.82. The van der Waals surface area contributed by atoms with Crippen LogP contribution < -0.4 is 10.4 Å². The van der Waals surface area contributed by atoms with E-state index in [1.165, 1.54) is 14.9 Å². The summed E-state index contributed by atoms with van der Waals surface area (Å²) in [6, 6.07) is 11.9. The summed E-state index contributed by atoms with van der Waals surface area (Å²) in [5, 5.41) is 13.6. The van der Waals surface area contributed by atoms with Crippen molar-refractivity contribution in [3.8, 4) is 22.7 Å². The molecule has 0 N–H and O–H groups in total. The van der Waals surface area contributed by atoms with Crippen LogP contribution in [0.2, 0.25) is 0 Å². The van der Waals surface area contributed by atoms with Crippen molar-refractivity contribution in [2.75, 3.05) is 6.26 Å². The van der Waals surface area contributed by atoms with Gasteiger partial charge >= 0.3 is 5.69 Å². The van der Waals surface area contributed by atoms with E-state index in [2.05, 4.69) is 29.7 Å². The number of hydrogen-bond acceptors (Lipinski definition) is 6. The van der Waals surface area contributed by atoms with Crippen molar-refractivity contribution in [1.29, 1.82) is 0 Å². The number of rotatable bonds is 6. The van der Waals surface area contributed by atoms with Gasteiger partial charge in [0.1, 0.15) is 12.4 Å². The van der Waals surface area contributed by atoms with E-state index in [0.717, 1.165) is 38.7 Å². The Kier molecular flexibility index (Phi) is 5.92. The first-order valence-electron chi connectivity index (χ1n) is 10.2. The molecule has 0 fully saturated rings. The summed E-state index contributed by atoms with van der Waals surface area (Å²) in [7, 11) is 3.54. The van der Waals surface area contributed by atoms with Crippen LogP contribution in [0.5, 0.6) is 5.75 Å². The van der Waals surface area contributed by atoms with Crippen molar-refractivity contribution < 1.29 is 4.74 Å². The molecule has 0 unspecified atom stereocenters. The molecule has 0 aliphatic heterocycles. The SMILES string of the molecule is CSc1c(C)c(-c2ccc(OCc3c(C)cccc3-n3nnn(C)c3=O)c(C)c2)nn1C. The van der Waals surface area contributed by atoms with Crippen LogP contribution >= 0.6 is 11.8 Å². The Morgan fingerprint density at radius 1 is 1.00 bits per heavy atom. The number of aryl methyl sites for hydroxylation is 4. The number of benzene rings is 2. The highest BCUT2D eigenvalue weighted by molar-refractivity contribution is 7.98. The van der Waals surface area contributed by atoms with E-state index in [4.69, 9.17) is 9.84 Å². The van der Waals surface area contributed by atoms with Crippen molar-refractivity contribution in [3.63, 3.8) is 0 Å². The number of tetrazole rings is 1. The normalized spacial score (nSPS) is 11.2. The topological polar surface area (TPSA) is 79.8 Å². The Bertz CT molecular complexity index is 1350. The van der Waals surface area contributed by atoms with Crippen LogP contribution in [0.15, 0.2) is 46.2 Å². The summed E-state index contributed by atoms with van der Waals surface area (Å²) in [5.74, 6) is 0.785. The van der Waals surface area contributed by atoms with Gasteiger partial charge in [-0.2, -0.15) is 14.5 Å². The molecular weight excluding hydrogens is 424 g/mol. The van der Waals surface area contributed by atoms with Gasteiger partial charge in [0, 0.05) is 30.8 Å². The van der Waals surface area contributed by atoms with Crippen LogP contribution in [0, 0.1) is 20.8 Å². The summed E-state index contributed by atoms with van der Waals surface area (Å²) in [6.45, 7) is 6.43. The number of hydrogen-bond donors (Lipinski definition) is 0. The molecule has 9 heteroatoms. The van der Waals surface area contributed by atoms with Crippen LogP contribution in [-0.2, 0) is 20.7 Å². The molecule has 0 saturated heterocycles. The first-order valence-corrected chi connectivity index (χ1v) is 11.4. The van der Waals surface area contributed by atoms with Gasteiger partial charge in [-0.05, 0) is 72.8 Å². The molecule has 0 aliphatic carbocycles. The molecular formula is C23H26N6O2S. The third kappa shape index (κ3) is 3.84. The molecule has 0 atom stereocenters. The Labute approximate surface area is 190 Å². The van der Waals surface area contributed by atoms with Gasteiger partial charge in [-0.15, -0.1) is 11.8 Å². The number of aromatic nitrogens is 6. The maximum absolute atomic E-state index is 12.4. The molecule has 32 heavy (non-hydrogen) atoms. The maximum Gasteiger partial charge on any atom is 0.368 e. The molecule has 2 heterocycles. The van der Waals surface area contributed by atoms with Crippen molar-refractivity contribution in [2.24, 2.45) is 14.1 Å². The monoisotopic (exact) mass is 450 g/mol. The molecule has 0 bridgehead atoms. The van der Waals surface area contributed by atoms with E-state index in [0.29, 0.717) is 12.3 Å². The van der Waals surface area contributed by atoms with Crippen molar-refractivity contribution in [3.05, 3.63) is 69.1 Å². The first kappa shape index (κ1) is 21.9. The lowest BCUT2D eigenvalue weighted by molar-refractivity contribution is 0.302. The zero-order chi connectivity index (χ0) is 23.0. The van der Waals surface area contributed by atoms with E-state index < -0.39 is 0 Å². The van der Waals surface area contributed by atoms with Gasteiger partial charge in [0.2, 0.25) is 0 Å². The van der Waals surface area contributed by atoms with E-state index in [9.17, 15) is 4.79 Å². The molecule has 0 saturated carbocycles. The van der Waals surface area contributed by atoms with Gasteiger partial charge in [-0.25, -0.2) is 4.79 Å². The highest BCUT2D eigenvalue weighted by atomic mass is 32.2. The fraction of sp³-hybridized carbons (Fsp3) is 0.304. The standard InChI is InChI=1S/C23H26N6O2S/c1-14-8-7-9-19(29-23(30)28(5)25-26-29)18(14)13-31-20-11-10-17(12-15(20)2)21-16(3)22(32-6)27(4)24-21/h7-12H,13H2,1-6H3. The minimum absolute atomic E-state index is 0.298. The Balaban J connectivity index is 1.62. The summed E-state index contributed by atoms with van der Waals surface area (Å²) in [6.07, 6.45) is 2.06. The third-order valence-electron chi connectivity index (χ3n) is 5.57. The quantitative estimate of drug-likeness (QED) is 0.418. The van der Waals surface area contributed by atoms with Crippen LogP contribution in [-0.4, -0.2) is 35.8 Å². The maximum atomic E-state index is 12.4. The van der Waals surface area contributed by atoms with Crippen LogP contribution in [0.25, 0.3) is 16.9 Å². The molecule has 0 aliphatic rings. The molecule has 0 radical (unpaired) electrons. The van der Waals surface area contributed by atoms with Crippen LogP contribution in [0.1, 0.15) is 22.3 Å². The first-order chi connectivity index (χ1) is 15.3. The highest BCUT2D eigenvalue weighted by Crippen LogP contribution is 2.32. The van der Waals surface area contributed by atoms with E-state index in [1.807, 2.05) is 55.9 Å². The molecule has 4 aromatic rings. The minimum Gasteiger partial charge on any atom is -0.489 e.